The zero-order chi connectivity index (χ0) is 13.2. The predicted molar refractivity (Wildman–Crippen MR) is 73.5 cm³/mol. The van der Waals surface area contributed by atoms with E-state index < -0.39 is 0 Å². The summed E-state index contributed by atoms with van der Waals surface area (Å²) in [5.41, 5.74) is 1.58. The molecule has 1 aliphatic rings. The van der Waals surface area contributed by atoms with E-state index in [2.05, 4.69) is 69.2 Å². The van der Waals surface area contributed by atoms with Gasteiger partial charge in [-0.25, -0.2) is 0 Å². The molecule has 0 nitrogen and oxygen atoms in total. The van der Waals surface area contributed by atoms with Crippen molar-refractivity contribution in [2.24, 2.45) is 33.5 Å². The maximum absolute atomic E-state index is 2.46. The van der Waals surface area contributed by atoms with Crippen molar-refractivity contribution in [3.8, 4) is 0 Å². The summed E-state index contributed by atoms with van der Waals surface area (Å²) in [5, 5.41) is 0. The van der Waals surface area contributed by atoms with Gasteiger partial charge in [0, 0.05) is 0 Å². The van der Waals surface area contributed by atoms with E-state index in [-0.39, 0.29) is 0 Å². The van der Waals surface area contributed by atoms with Crippen LogP contribution < -0.4 is 0 Å². The number of hydrogen-bond donors (Lipinski definition) is 0. The van der Waals surface area contributed by atoms with Gasteiger partial charge in [-0.3, -0.25) is 0 Å². The first kappa shape index (κ1) is 14.1. The number of rotatable bonds is 0. The van der Waals surface area contributed by atoms with E-state index in [1.165, 1.54) is 0 Å². The molecule has 0 bridgehead atoms. The largest absolute Gasteiger partial charge is 0.0614 e. The molecule has 0 aromatic rings. The summed E-state index contributed by atoms with van der Waals surface area (Å²) >= 11 is 0. The Kier molecular flexibility index (Phi) is 2.87. The summed E-state index contributed by atoms with van der Waals surface area (Å²) in [6.07, 6.45) is 0. The van der Waals surface area contributed by atoms with Crippen LogP contribution in [0, 0.1) is 33.5 Å². The summed E-state index contributed by atoms with van der Waals surface area (Å²) < 4.78 is 0. The smallest absolute Gasteiger partial charge is 0.0269 e. The van der Waals surface area contributed by atoms with E-state index in [0.29, 0.717) is 21.7 Å². The van der Waals surface area contributed by atoms with Crippen LogP contribution in [0.5, 0.6) is 0 Å². The SMILES string of the molecule is CC1C(C)(C)C(C)(C)C(C)C(C)(C)C1(C)C. The van der Waals surface area contributed by atoms with E-state index in [4.69, 9.17) is 0 Å². The van der Waals surface area contributed by atoms with E-state index >= 15 is 0 Å². The molecule has 0 aromatic carbocycles. The maximum Gasteiger partial charge on any atom is -0.0269 e. The highest BCUT2D eigenvalue weighted by atomic mass is 14.7. The second-order valence-corrected chi connectivity index (χ2v) is 8.33. The molecule has 0 heterocycles. The molecule has 0 unspecified atom stereocenters. The van der Waals surface area contributed by atoms with E-state index in [0.717, 1.165) is 11.8 Å². The Hall–Kier alpha value is 0. The zero-order valence-corrected chi connectivity index (χ0v) is 13.2. The fraction of sp³-hybridized carbons (Fsp3) is 1.00. The van der Waals surface area contributed by atoms with Gasteiger partial charge < -0.3 is 0 Å². The Labute approximate surface area is 103 Å². The van der Waals surface area contributed by atoms with Crippen LogP contribution in [-0.4, -0.2) is 0 Å². The summed E-state index contributed by atoms with van der Waals surface area (Å²) in [6, 6.07) is 0. The normalized spacial score (nSPS) is 39.4. The molecule has 0 atom stereocenters. The minimum Gasteiger partial charge on any atom is -0.0614 e. The van der Waals surface area contributed by atoms with Crippen LogP contribution in [0.1, 0.15) is 69.2 Å². The molecule has 0 amide bonds. The molecule has 0 aliphatic heterocycles. The van der Waals surface area contributed by atoms with Gasteiger partial charge in [0.25, 0.3) is 0 Å². The van der Waals surface area contributed by atoms with Gasteiger partial charge in [0.1, 0.15) is 0 Å². The van der Waals surface area contributed by atoms with Gasteiger partial charge in [0.05, 0.1) is 0 Å². The Balaban J connectivity index is 3.39. The molecule has 0 aromatic heterocycles. The van der Waals surface area contributed by atoms with Crippen molar-refractivity contribution in [3.63, 3.8) is 0 Å². The fourth-order valence-corrected chi connectivity index (χ4v) is 4.04. The molecule has 0 saturated heterocycles. The van der Waals surface area contributed by atoms with Gasteiger partial charge in [0.15, 0.2) is 0 Å². The standard InChI is InChI=1S/C16H32/c1-11-13(3,4)15(7,8)12(2)16(9,10)14(11,5)6/h11-12H,1-10H3. The highest BCUT2D eigenvalue weighted by molar-refractivity contribution is 5.10. The minimum absolute atomic E-state index is 0.394. The highest BCUT2D eigenvalue weighted by Crippen LogP contribution is 2.68. The molecule has 96 valence electrons. The van der Waals surface area contributed by atoms with Crippen LogP contribution in [0.3, 0.4) is 0 Å². The van der Waals surface area contributed by atoms with Crippen molar-refractivity contribution in [3.05, 3.63) is 0 Å². The van der Waals surface area contributed by atoms with E-state index in [1.807, 2.05) is 0 Å². The van der Waals surface area contributed by atoms with Crippen molar-refractivity contribution in [2.45, 2.75) is 69.2 Å². The number of hydrogen-bond acceptors (Lipinski definition) is 0. The van der Waals surface area contributed by atoms with Gasteiger partial charge in [-0.2, -0.15) is 0 Å². The molecule has 0 radical (unpaired) electrons. The van der Waals surface area contributed by atoms with Crippen molar-refractivity contribution in [1.82, 2.24) is 0 Å². The second kappa shape index (κ2) is 3.27. The first-order valence-corrected chi connectivity index (χ1v) is 6.81. The van der Waals surface area contributed by atoms with Crippen LogP contribution >= 0.6 is 0 Å². The lowest BCUT2D eigenvalue weighted by molar-refractivity contribution is -0.193. The van der Waals surface area contributed by atoms with Crippen molar-refractivity contribution < 1.29 is 0 Å². The fourth-order valence-electron chi connectivity index (χ4n) is 4.04. The first-order valence-electron chi connectivity index (χ1n) is 6.81. The maximum atomic E-state index is 2.46. The summed E-state index contributed by atoms with van der Waals surface area (Å²) in [4.78, 5) is 0. The highest BCUT2D eigenvalue weighted by Gasteiger charge is 2.62. The van der Waals surface area contributed by atoms with E-state index in [1.54, 1.807) is 0 Å². The Bertz CT molecular complexity index is 220. The van der Waals surface area contributed by atoms with Crippen molar-refractivity contribution >= 4 is 0 Å². The molecule has 1 aliphatic carbocycles. The van der Waals surface area contributed by atoms with Gasteiger partial charge in [-0.1, -0.05) is 69.2 Å². The van der Waals surface area contributed by atoms with Crippen LogP contribution in [0.25, 0.3) is 0 Å². The van der Waals surface area contributed by atoms with Crippen LogP contribution in [0.2, 0.25) is 0 Å². The molecule has 16 heavy (non-hydrogen) atoms. The second-order valence-electron chi connectivity index (χ2n) is 8.33. The molecule has 0 spiro atoms. The lowest BCUT2D eigenvalue weighted by Crippen LogP contribution is -2.61. The molecule has 1 saturated carbocycles. The average Bonchev–Trinajstić information content (AvgIpc) is 2.13. The van der Waals surface area contributed by atoms with Crippen LogP contribution in [0.15, 0.2) is 0 Å². The monoisotopic (exact) mass is 224 g/mol. The van der Waals surface area contributed by atoms with Crippen molar-refractivity contribution in [2.75, 3.05) is 0 Å². The minimum atomic E-state index is 0.394. The lowest BCUT2D eigenvalue weighted by Gasteiger charge is -2.67. The Morgan fingerprint density at radius 2 is 0.562 bits per heavy atom. The predicted octanol–water partition coefficient (Wildman–Crippen LogP) is 5.38. The summed E-state index contributed by atoms with van der Waals surface area (Å²) in [5.74, 6) is 1.47. The first-order chi connectivity index (χ1) is 6.81. The average molecular weight is 224 g/mol. The Morgan fingerprint density at radius 3 is 0.688 bits per heavy atom. The third-order valence-electron chi connectivity index (χ3n) is 7.65. The zero-order valence-electron chi connectivity index (χ0n) is 13.2. The third-order valence-corrected chi connectivity index (χ3v) is 7.65. The summed E-state index contributed by atoms with van der Waals surface area (Å²) in [7, 11) is 0. The molecule has 1 rings (SSSR count). The topological polar surface area (TPSA) is 0 Å². The molecular formula is C16H32. The Morgan fingerprint density at radius 1 is 0.438 bits per heavy atom. The lowest BCUT2D eigenvalue weighted by atomic mass is 9.37. The van der Waals surface area contributed by atoms with Gasteiger partial charge in [-0.15, -0.1) is 0 Å². The van der Waals surface area contributed by atoms with Crippen molar-refractivity contribution in [1.29, 1.82) is 0 Å². The quantitative estimate of drug-likeness (QED) is 0.518. The molecule has 1 fully saturated rings. The van der Waals surface area contributed by atoms with Gasteiger partial charge in [0.2, 0.25) is 0 Å². The third kappa shape index (κ3) is 1.34. The molecule has 0 heteroatoms. The van der Waals surface area contributed by atoms with Gasteiger partial charge >= 0.3 is 0 Å². The van der Waals surface area contributed by atoms with Crippen LogP contribution in [0.4, 0.5) is 0 Å². The molecule has 0 N–H and O–H groups in total. The van der Waals surface area contributed by atoms with E-state index in [9.17, 15) is 0 Å². The van der Waals surface area contributed by atoms with Gasteiger partial charge in [-0.05, 0) is 33.5 Å². The summed E-state index contributed by atoms with van der Waals surface area (Å²) in [6.45, 7) is 24.6. The van der Waals surface area contributed by atoms with Crippen LogP contribution in [-0.2, 0) is 0 Å². The molecular weight excluding hydrogens is 192 g/mol.